The molecule has 0 bridgehead atoms. The molecule has 0 radical (unpaired) electrons. The molecule has 0 saturated carbocycles. The molecule has 0 amide bonds. The summed E-state index contributed by atoms with van der Waals surface area (Å²) in [7, 11) is 0. The van der Waals surface area contributed by atoms with E-state index in [0.29, 0.717) is 19.4 Å². The second-order valence-corrected chi connectivity index (χ2v) is 8.01. The number of ketones is 1. The number of aldehydes is 1. The monoisotopic (exact) mass is 474 g/mol. The molecular weight excluding hydrogens is 443 g/mol. The summed E-state index contributed by atoms with van der Waals surface area (Å²) in [6.45, 7) is 5.97. The first-order chi connectivity index (χ1) is 16.3. The maximum Gasteiger partial charge on any atom is 0.324 e. The quantitative estimate of drug-likeness (QED) is 0.209. The molecule has 184 valence electrons. The van der Waals surface area contributed by atoms with Crippen LogP contribution in [-0.4, -0.2) is 55.3 Å². The highest BCUT2D eigenvalue weighted by atomic mass is 19.1. The zero-order valence-corrected chi connectivity index (χ0v) is 19.9. The van der Waals surface area contributed by atoms with Crippen LogP contribution in [0.15, 0.2) is 6.07 Å². The summed E-state index contributed by atoms with van der Waals surface area (Å²) in [5.74, 6) is 2.42. The largest absolute Gasteiger partial charge is 0.465 e. The van der Waals surface area contributed by atoms with Crippen LogP contribution in [0.5, 0.6) is 0 Å². The molecule has 2 heterocycles. The van der Waals surface area contributed by atoms with E-state index < -0.39 is 35.4 Å². The van der Waals surface area contributed by atoms with E-state index in [0.717, 1.165) is 25.3 Å². The van der Waals surface area contributed by atoms with Crippen molar-refractivity contribution in [2.24, 2.45) is 5.41 Å². The fourth-order valence-electron chi connectivity index (χ4n) is 3.90. The van der Waals surface area contributed by atoms with E-state index in [1.807, 2.05) is 0 Å². The van der Waals surface area contributed by atoms with Gasteiger partial charge in [0.1, 0.15) is 5.78 Å². The third-order valence-corrected chi connectivity index (χ3v) is 5.62. The first-order valence-electron chi connectivity index (χ1n) is 11.5. The number of aromatic nitrogens is 1. The van der Waals surface area contributed by atoms with Crippen LogP contribution in [0.2, 0.25) is 0 Å². The van der Waals surface area contributed by atoms with Crippen LogP contribution in [-0.2, 0) is 30.3 Å². The molecule has 0 spiro atoms. The number of hydrogen-bond donors (Lipinski definition) is 0. The zero-order chi connectivity index (χ0) is 25.1. The maximum atomic E-state index is 14.6. The van der Waals surface area contributed by atoms with Crippen molar-refractivity contribution in [2.45, 2.75) is 59.3 Å². The Bertz CT molecular complexity index is 958. The van der Waals surface area contributed by atoms with E-state index in [4.69, 9.17) is 9.47 Å². The Morgan fingerprint density at radius 1 is 1.15 bits per heavy atom. The Morgan fingerprint density at radius 2 is 1.76 bits per heavy atom. The van der Waals surface area contributed by atoms with Gasteiger partial charge in [-0.05, 0) is 46.1 Å². The van der Waals surface area contributed by atoms with Gasteiger partial charge in [-0.1, -0.05) is 0 Å². The molecule has 9 heteroatoms. The molecule has 0 N–H and O–H groups in total. The van der Waals surface area contributed by atoms with Gasteiger partial charge >= 0.3 is 11.9 Å². The first kappa shape index (κ1) is 27.0. The number of piperidine rings is 1. The topological polar surface area (TPSA) is 103 Å². The van der Waals surface area contributed by atoms with Crippen LogP contribution in [0.4, 0.5) is 10.2 Å². The average Bonchev–Trinajstić information content (AvgIpc) is 2.83. The first-order valence-corrected chi connectivity index (χ1v) is 11.5. The lowest BCUT2D eigenvalue weighted by Crippen LogP contribution is -2.44. The Hall–Kier alpha value is -3.28. The number of anilines is 1. The Balaban J connectivity index is 2.39. The summed E-state index contributed by atoms with van der Waals surface area (Å²) in [6, 6.07) is 1.07. The molecule has 1 fully saturated rings. The molecule has 0 aromatic carbocycles. The van der Waals surface area contributed by atoms with Crippen molar-refractivity contribution in [1.29, 1.82) is 0 Å². The molecule has 1 aliphatic heterocycles. The van der Waals surface area contributed by atoms with Crippen LogP contribution in [0.1, 0.15) is 68.9 Å². The fourth-order valence-corrected chi connectivity index (χ4v) is 3.90. The molecule has 1 saturated heterocycles. The molecular formula is C25H31FN2O6. The lowest BCUT2D eigenvalue weighted by Gasteiger charge is -2.29. The van der Waals surface area contributed by atoms with Gasteiger partial charge < -0.3 is 14.4 Å². The van der Waals surface area contributed by atoms with E-state index in [9.17, 15) is 23.6 Å². The molecule has 1 aromatic rings. The number of carbonyl (C=O) groups is 4. The van der Waals surface area contributed by atoms with Crippen molar-refractivity contribution in [3.63, 3.8) is 0 Å². The lowest BCUT2D eigenvalue weighted by molar-refractivity contribution is -0.173. The number of Topliss-reactive ketones (excluding diaryl/α,β-unsaturated/α-hetero) is 1. The predicted octanol–water partition coefficient (Wildman–Crippen LogP) is 3.05. The van der Waals surface area contributed by atoms with E-state index in [2.05, 4.69) is 16.8 Å². The van der Waals surface area contributed by atoms with Gasteiger partial charge in [0.2, 0.25) is 0 Å². The van der Waals surface area contributed by atoms with Crippen molar-refractivity contribution in [3.05, 3.63) is 23.1 Å². The summed E-state index contributed by atoms with van der Waals surface area (Å²) in [4.78, 5) is 56.4. The van der Waals surface area contributed by atoms with Crippen LogP contribution >= 0.6 is 0 Å². The molecule has 0 atom stereocenters. The van der Waals surface area contributed by atoms with Crippen LogP contribution in [0.25, 0.3) is 0 Å². The van der Waals surface area contributed by atoms with Gasteiger partial charge in [0.15, 0.2) is 23.3 Å². The SMILES string of the molecule is CC#CCC(CC(=O)Cc1nc(N2CCCCC2)c(F)cc1C=O)(C(=O)OCC)C(=O)OCC. The number of rotatable bonds is 11. The van der Waals surface area contributed by atoms with Crippen LogP contribution in [0.3, 0.4) is 0 Å². The van der Waals surface area contributed by atoms with Crippen LogP contribution in [0, 0.1) is 23.1 Å². The number of halogens is 1. The lowest BCUT2D eigenvalue weighted by atomic mass is 9.78. The minimum atomic E-state index is -1.94. The van der Waals surface area contributed by atoms with E-state index in [1.165, 1.54) is 0 Å². The highest BCUT2D eigenvalue weighted by Gasteiger charge is 2.50. The number of hydrogen-bond acceptors (Lipinski definition) is 8. The van der Waals surface area contributed by atoms with Gasteiger partial charge in [-0.2, -0.15) is 0 Å². The van der Waals surface area contributed by atoms with Crippen LogP contribution < -0.4 is 4.90 Å². The molecule has 8 nitrogen and oxygen atoms in total. The molecule has 0 unspecified atom stereocenters. The maximum absolute atomic E-state index is 14.6. The molecule has 2 rings (SSSR count). The van der Waals surface area contributed by atoms with Gasteiger partial charge in [0.25, 0.3) is 0 Å². The van der Waals surface area contributed by atoms with Crippen molar-refractivity contribution >= 4 is 29.8 Å². The molecule has 1 aromatic heterocycles. The van der Waals surface area contributed by atoms with Crippen molar-refractivity contribution in [1.82, 2.24) is 4.98 Å². The summed E-state index contributed by atoms with van der Waals surface area (Å²) >= 11 is 0. The summed E-state index contributed by atoms with van der Waals surface area (Å²) in [5.41, 5.74) is -1.91. The Kier molecular flexibility index (Phi) is 10.2. The number of nitrogens with zero attached hydrogens (tertiary/aromatic N) is 2. The number of ether oxygens (including phenoxy) is 2. The van der Waals surface area contributed by atoms with Gasteiger partial charge in [0, 0.05) is 37.9 Å². The smallest absolute Gasteiger partial charge is 0.324 e. The van der Waals surface area contributed by atoms with Gasteiger partial charge in [-0.25, -0.2) is 9.37 Å². The number of pyridine rings is 1. The highest BCUT2D eigenvalue weighted by Crippen LogP contribution is 2.32. The summed E-state index contributed by atoms with van der Waals surface area (Å²) in [5, 5.41) is 0. The summed E-state index contributed by atoms with van der Waals surface area (Å²) < 4.78 is 24.8. The number of esters is 2. The van der Waals surface area contributed by atoms with Gasteiger partial charge in [-0.15, -0.1) is 11.8 Å². The van der Waals surface area contributed by atoms with Crippen molar-refractivity contribution < 1.29 is 33.0 Å². The number of carbonyl (C=O) groups excluding carboxylic acids is 4. The fraction of sp³-hybridized carbons (Fsp3) is 0.560. The van der Waals surface area contributed by atoms with Gasteiger partial charge in [0.05, 0.1) is 18.9 Å². The average molecular weight is 475 g/mol. The third-order valence-electron chi connectivity index (χ3n) is 5.62. The minimum Gasteiger partial charge on any atom is -0.465 e. The molecule has 0 aliphatic carbocycles. The predicted molar refractivity (Wildman–Crippen MR) is 123 cm³/mol. The minimum absolute atomic E-state index is 0.00172. The highest BCUT2D eigenvalue weighted by molar-refractivity contribution is 6.04. The van der Waals surface area contributed by atoms with E-state index in [1.54, 1.807) is 25.7 Å². The Morgan fingerprint density at radius 3 is 2.29 bits per heavy atom. The van der Waals surface area contributed by atoms with Crippen molar-refractivity contribution in [2.75, 3.05) is 31.2 Å². The third kappa shape index (κ3) is 6.40. The van der Waals surface area contributed by atoms with E-state index >= 15 is 0 Å². The Labute approximate surface area is 199 Å². The van der Waals surface area contributed by atoms with Gasteiger partial charge in [-0.3, -0.25) is 19.2 Å². The van der Waals surface area contributed by atoms with Crippen molar-refractivity contribution in [3.8, 4) is 11.8 Å². The standard InChI is InChI=1S/C25H31FN2O6/c1-4-7-11-25(23(31)33-5-2,24(32)34-6-3)16-19(30)15-21-18(17-29)14-20(26)22(27-21)28-12-9-8-10-13-28/h14,17H,5-6,8-13,15-16H2,1-3H3. The normalized spacial score (nSPS) is 13.5. The second-order valence-electron chi connectivity index (χ2n) is 8.01. The van der Waals surface area contributed by atoms with E-state index in [-0.39, 0.29) is 43.1 Å². The molecule has 1 aliphatic rings. The summed E-state index contributed by atoms with van der Waals surface area (Å²) in [6.07, 6.45) is 2.09. The molecule has 34 heavy (non-hydrogen) atoms. The second kappa shape index (κ2) is 12.8. The zero-order valence-electron chi connectivity index (χ0n) is 19.9.